The first-order valence-corrected chi connectivity index (χ1v) is 12.1. The van der Waals surface area contributed by atoms with Crippen LogP contribution in [0.4, 0.5) is 0 Å². The normalized spacial score (nSPS) is 20.0. The summed E-state index contributed by atoms with van der Waals surface area (Å²) in [6.45, 7) is 11.8. The largest absolute Gasteiger partial charge is 0.497 e. The van der Waals surface area contributed by atoms with Crippen LogP contribution in [0, 0.1) is 11.3 Å². The SMILES string of the molecule is COc1ccc(C(=O)N2[C@@H](C(=O)NCC(C)C)COC23CCN(C(=O)CC(C)(C)C)CC3)cc1. The first kappa shape index (κ1) is 26.0. The van der Waals surface area contributed by atoms with Gasteiger partial charge in [0, 0.05) is 44.5 Å². The van der Waals surface area contributed by atoms with Crippen molar-refractivity contribution < 1.29 is 23.9 Å². The van der Waals surface area contributed by atoms with Crippen LogP contribution in [0.5, 0.6) is 5.75 Å². The van der Waals surface area contributed by atoms with E-state index in [0.29, 0.717) is 56.1 Å². The Morgan fingerprint density at radius 2 is 1.76 bits per heavy atom. The quantitative estimate of drug-likeness (QED) is 0.686. The molecular formula is C26H39N3O5. The van der Waals surface area contributed by atoms with Crippen molar-refractivity contribution >= 4 is 17.7 Å². The lowest BCUT2D eigenvalue weighted by Gasteiger charge is -2.45. The van der Waals surface area contributed by atoms with Gasteiger partial charge in [-0.1, -0.05) is 34.6 Å². The molecule has 34 heavy (non-hydrogen) atoms. The van der Waals surface area contributed by atoms with E-state index in [0.717, 1.165) is 0 Å². The molecule has 8 heteroatoms. The lowest BCUT2D eigenvalue weighted by Crippen LogP contribution is -2.60. The highest BCUT2D eigenvalue weighted by molar-refractivity contribution is 5.98. The van der Waals surface area contributed by atoms with Crippen LogP contribution in [0.2, 0.25) is 0 Å². The van der Waals surface area contributed by atoms with Gasteiger partial charge in [0.15, 0.2) is 0 Å². The van der Waals surface area contributed by atoms with E-state index in [1.807, 2.05) is 39.5 Å². The van der Waals surface area contributed by atoms with Gasteiger partial charge in [-0.05, 0) is 35.6 Å². The molecule has 2 saturated heterocycles. The Morgan fingerprint density at radius 1 is 1.15 bits per heavy atom. The van der Waals surface area contributed by atoms with E-state index < -0.39 is 11.8 Å². The van der Waals surface area contributed by atoms with Crippen molar-refractivity contribution in [3.8, 4) is 5.75 Å². The van der Waals surface area contributed by atoms with Gasteiger partial charge < -0.3 is 19.7 Å². The van der Waals surface area contributed by atoms with Crippen LogP contribution in [0.15, 0.2) is 24.3 Å². The molecule has 2 fully saturated rings. The summed E-state index contributed by atoms with van der Waals surface area (Å²) < 4.78 is 11.4. The van der Waals surface area contributed by atoms with Gasteiger partial charge in [-0.25, -0.2) is 0 Å². The first-order chi connectivity index (χ1) is 16.0. The van der Waals surface area contributed by atoms with Crippen LogP contribution in [-0.4, -0.2) is 72.6 Å². The van der Waals surface area contributed by atoms with Gasteiger partial charge >= 0.3 is 0 Å². The summed E-state index contributed by atoms with van der Waals surface area (Å²) in [6, 6.07) is 6.16. The van der Waals surface area contributed by atoms with E-state index in [2.05, 4.69) is 5.32 Å². The standard InChI is InChI=1S/C26H39N3O5/c1-18(2)16-27-23(31)21-17-34-26(11-13-28(14-12-26)22(30)15-25(3,4)5)29(21)24(32)19-7-9-20(33-6)10-8-19/h7-10,18,21H,11-17H2,1-6H3,(H,27,31)/t21-/m1/s1. The Hall–Kier alpha value is -2.61. The second kappa shape index (κ2) is 10.3. The van der Waals surface area contributed by atoms with Gasteiger partial charge in [-0.15, -0.1) is 0 Å². The molecule has 1 aromatic rings. The number of nitrogens with one attached hydrogen (secondary N) is 1. The van der Waals surface area contributed by atoms with Crippen molar-refractivity contribution in [1.82, 2.24) is 15.1 Å². The van der Waals surface area contributed by atoms with Crippen LogP contribution in [-0.2, 0) is 14.3 Å². The van der Waals surface area contributed by atoms with Crippen molar-refractivity contribution in [3.05, 3.63) is 29.8 Å². The van der Waals surface area contributed by atoms with Crippen molar-refractivity contribution in [1.29, 1.82) is 0 Å². The predicted octanol–water partition coefficient (Wildman–Crippen LogP) is 3.06. The molecule has 1 spiro atoms. The van der Waals surface area contributed by atoms with Gasteiger partial charge in [-0.3, -0.25) is 19.3 Å². The number of carbonyl (C=O) groups is 3. The number of likely N-dealkylation sites (tertiary alicyclic amines) is 1. The minimum absolute atomic E-state index is 0.0912. The molecule has 2 heterocycles. The molecule has 2 aliphatic rings. The Bertz CT molecular complexity index is 883. The molecule has 0 bridgehead atoms. The van der Waals surface area contributed by atoms with E-state index in [9.17, 15) is 14.4 Å². The summed E-state index contributed by atoms with van der Waals surface area (Å²) in [5, 5.41) is 2.96. The molecular weight excluding hydrogens is 434 g/mol. The molecule has 8 nitrogen and oxygen atoms in total. The highest BCUT2D eigenvalue weighted by atomic mass is 16.5. The summed E-state index contributed by atoms with van der Waals surface area (Å²) in [7, 11) is 1.57. The lowest BCUT2D eigenvalue weighted by molar-refractivity contribution is -0.145. The van der Waals surface area contributed by atoms with E-state index in [1.54, 1.807) is 36.3 Å². The third kappa shape index (κ3) is 5.90. The molecule has 0 saturated carbocycles. The third-order valence-electron chi connectivity index (χ3n) is 6.38. The van der Waals surface area contributed by atoms with Crippen LogP contribution in [0.25, 0.3) is 0 Å². The maximum atomic E-state index is 13.7. The number of hydrogen-bond donors (Lipinski definition) is 1. The van der Waals surface area contributed by atoms with Gasteiger partial charge in [0.1, 0.15) is 17.5 Å². The highest BCUT2D eigenvalue weighted by Crippen LogP contribution is 2.39. The smallest absolute Gasteiger partial charge is 0.256 e. The molecule has 1 atom stereocenters. The molecule has 2 aliphatic heterocycles. The van der Waals surface area contributed by atoms with Gasteiger partial charge in [-0.2, -0.15) is 0 Å². The maximum absolute atomic E-state index is 13.7. The molecule has 0 radical (unpaired) electrons. The Morgan fingerprint density at radius 3 is 2.29 bits per heavy atom. The minimum atomic E-state index is -0.907. The minimum Gasteiger partial charge on any atom is -0.497 e. The monoisotopic (exact) mass is 473 g/mol. The fourth-order valence-corrected chi connectivity index (χ4v) is 4.53. The van der Waals surface area contributed by atoms with E-state index in [1.165, 1.54) is 0 Å². The number of benzene rings is 1. The van der Waals surface area contributed by atoms with Crippen molar-refractivity contribution in [2.75, 3.05) is 33.4 Å². The highest BCUT2D eigenvalue weighted by Gasteiger charge is 2.54. The molecule has 3 amide bonds. The number of methoxy groups -OCH3 is 1. The van der Waals surface area contributed by atoms with Crippen molar-refractivity contribution in [3.63, 3.8) is 0 Å². The summed E-state index contributed by atoms with van der Waals surface area (Å²) in [6.07, 6.45) is 1.41. The third-order valence-corrected chi connectivity index (χ3v) is 6.38. The van der Waals surface area contributed by atoms with Crippen molar-refractivity contribution in [2.45, 2.75) is 65.6 Å². The zero-order valence-electron chi connectivity index (χ0n) is 21.3. The summed E-state index contributed by atoms with van der Waals surface area (Å²) in [5.74, 6) is 0.599. The summed E-state index contributed by atoms with van der Waals surface area (Å²) in [5.41, 5.74) is -0.528. The summed E-state index contributed by atoms with van der Waals surface area (Å²) in [4.78, 5) is 43.0. The fraction of sp³-hybridized carbons (Fsp3) is 0.654. The van der Waals surface area contributed by atoms with E-state index in [-0.39, 0.29) is 29.7 Å². The molecule has 0 unspecified atom stereocenters. The average Bonchev–Trinajstić information content (AvgIpc) is 3.14. The molecule has 1 aromatic carbocycles. The van der Waals surface area contributed by atoms with Crippen molar-refractivity contribution in [2.24, 2.45) is 11.3 Å². The topological polar surface area (TPSA) is 88.2 Å². The number of carbonyl (C=O) groups excluding carboxylic acids is 3. The van der Waals surface area contributed by atoms with Crippen LogP contribution in [0.1, 0.15) is 64.2 Å². The number of amides is 3. The zero-order chi connectivity index (χ0) is 25.1. The number of hydrogen-bond acceptors (Lipinski definition) is 5. The Labute approximate surface area is 202 Å². The number of nitrogens with zero attached hydrogens (tertiary/aromatic N) is 2. The van der Waals surface area contributed by atoms with Crippen LogP contribution in [0.3, 0.4) is 0 Å². The Balaban J connectivity index is 1.83. The molecule has 0 aromatic heterocycles. The van der Waals surface area contributed by atoms with Gasteiger partial charge in [0.2, 0.25) is 11.8 Å². The van der Waals surface area contributed by atoms with E-state index in [4.69, 9.17) is 9.47 Å². The second-order valence-corrected chi connectivity index (χ2v) is 10.9. The molecule has 1 N–H and O–H groups in total. The zero-order valence-corrected chi connectivity index (χ0v) is 21.3. The number of ether oxygens (including phenoxy) is 2. The Kier molecular flexibility index (Phi) is 7.91. The fourth-order valence-electron chi connectivity index (χ4n) is 4.53. The van der Waals surface area contributed by atoms with Gasteiger partial charge in [0.05, 0.1) is 13.7 Å². The first-order valence-electron chi connectivity index (χ1n) is 12.1. The lowest BCUT2D eigenvalue weighted by atomic mass is 9.90. The second-order valence-electron chi connectivity index (χ2n) is 10.9. The molecule has 3 rings (SSSR count). The maximum Gasteiger partial charge on any atom is 0.256 e. The average molecular weight is 474 g/mol. The summed E-state index contributed by atoms with van der Waals surface area (Å²) >= 11 is 0. The van der Waals surface area contributed by atoms with Crippen LogP contribution >= 0.6 is 0 Å². The van der Waals surface area contributed by atoms with Crippen LogP contribution < -0.4 is 10.1 Å². The van der Waals surface area contributed by atoms with E-state index >= 15 is 0 Å². The molecule has 0 aliphatic carbocycles. The molecule has 188 valence electrons. The number of rotatable bonds is 6. The number of piperidine rings is 1. The van der Waals surface area contributed by atoms with Gasteiger partial charge in [0.25, 0.3) is 5.91 Å². The predicted molar refractivity (Wildman–Crippen MR) is 129 cm³/mol.